The lowest BCUT2D eigenvalue weighted by Gasteiger charge is -2.20. The molecule has 0 aliphatic carbocycles. The molecule has 1 atom stereocenters. The van der Waals surface area contributed by atoms with Gasteiger partial charge in [0.05, 0.1) is 12.2 Å². The van der Waals surface area contributed by atoms with Crippen LogP contribution in [-0.2, 0) is 4.74 Å². The molecule has 3 heteroatoms. The van der Waals surface area contributed by atoms with Gasteiger partial charge in [-0.25, -0.2) is 0 Å². The van der Waals surface area contributed by atoms with Crippen molar-refractivity contribution < 1.29 is 9.47 Å². The van der Waals surface area contributed by atoms with Crippen LogP contribution in [-0.4, -0.2) is 18.8 Å². The molecule has 1 aromatic rings. The zero-order chi connectivity index (χ0) is 13.8. The maximum absolute atomic E-state index is 5.84. The molecule has 0 aliphatic heterocycles. The Balaban J connectivity index is 2.48. The Morgan fingerprint density at radius 3 is 2.39 bits per heavy atom. The van der Waals surface area contributed by atoms with Crippen LogP contribution in [0.5, 0.6) is 5.75 Å². The van der Waals surface area contributed by atoms with Crippen LogP contribution in [0.1, 0.15) is 44.9 Å². The van der Waals surface area contributed by atoms with Crippen LogP contribution in [0.4, 0.5) is 0 Å². The van der Waals surface area contributed by atoms with Crippen molar-refractivity contribution in [3.63, 3.8) is 0 Å². The lowest BCUT2D eigenvalue weighted by atomic mass is 10.1. The molecule has 0 unspecified atom stereocenters. The molecule has 3 nitrogen and oxygen atoms in total. The van der Waals surface area contributed by atoms with E-state index < -0.39 is 0 Å². The quantitative estimate of drug-likeness (QED) is 0.817. The molecular weight excluding hydrogens is 226 g/mol. The summed E-state index contributed by atoms with van der Waals surface area (Å²) in [5.74, 6) is 0.900. The van der Waals surface area contributed by atoms with Crippen molar-refractivity contribution >= 4 is 0 Å². The van der Waals surface area contributed by atoms with Crippen LogP contribution < -0.4 is 10.5 Å². The summed E-state index contributed by atoms with van der Waals surface area (Å²) < 4.78 is 11.3. The zero-order valence-electron chi connectivity index (χ0n) is 12.1. The SMILES string of the molecule is Cc1cc([C@H](C)N)ccc1OCCOC(C)(C)C. The van der Waals surface area contributed by atoms with E-state index in [1.165, 1.54) is 0 Å². The molecule has 0 heterocycles. The first-order valence-corrected chi connectivity index (χ1v) is 6.42. The number of rotatable bonds is 5. The van der Waals surface area contributed by atoms with Gasteiger partial charge in [-0.3, -0.25) is 0 Å². The molecule has 0 fully saturated rings. The Labute approximate surface area is 110 Å². The smallest absolute Gasteiger partial charge is 0.122 e. The predicted octanol–water partition coefficient (Wildman–Crippen LogP) is 3.21. The summed E-state index contributed by atoms with van der Waals surface area (Å²) in [4.78, 5) is 0. The molecule has 0 bridgehead atoms. The summed E-state index contributed by atoms with van der Waals surface area (Å²) in [6.07, 6.45) is 0. The molecule has 0 saturated heterocycles. The Morgan fingerprint density at radius 2 is 1.89 bits per heavy atom. The predicted molar refractivity (Wildman–Crippen MR) is 75.0 cm³/mol. The second-order valence-electron chi connectivity index (χ2n) is 5.62. The zero-order valence-corrected chi connectivity index (χ0v) is 12.1. The minimum absolute atomic E-state index is 0.0574. The van der Waals surface area contributed by atoms with Crippen LogP contribution in [0.2, 0.25) is 0 Å². The number of aryl methyl sites for hydroxylation is 1. The lowest BCUT2D eigenvalue weighted by Crippen LogP contribution is -2.22. The van der Waals surface area contributed by atoms with Crippen molar-refractivity contribution in [2.45, 2.75) is 46.3 Å². The number of benzene rings is 1. The Bertz CT molecular complexity index is 381. The van der Waals surface area contributed by atoms with Gasteiger partial charge < -0.3 is 15.2 Å². The fraction of sp³-hybridized carbons (Fsp3) is 0.600. The molecule has 0 amide bonds. The summed E-state index contributed by atoms with van der Waals surface area (Å²) in [5, 5.41) is 0. The highest BCUT2D eigenvalue weighted by Gasteiger charge is 2.10. The van der Waals surface area contributed by atoms with E-state index in [1.807, 2.05) is 46.8 Å². The fourth-order valence-electron chi connectivity index (χ4n) is 1.62. The summed E-state index contributed by atoms with van der Waals surface area (Å²) in [6, 6.07) is 6.12. The van der Waals surface area contributed by atoms with Crippen molar-refractivity contribution in [2.24, 2.45) is 5.73 Å². The Morgan fingerprint density at radius 1 is 1.22 bits per heavy atom. The van der Waals surface area contributed by atoms with Gasteiger partial charge in [0.15, 0.2) is 0 Å². The van der Waals surface area contributed by atoms with E-state index in [0.29, 0.717) is 13.2 Å². The van der Waals surface area contributed by atoms with Gasteiger partial charge in [-0.2, -0.15) is 0 Å². The average Bonchev–Trinajstić information content (AvgIpc) is 2.24. The first-order valence-electron chi connectivity index (χ1n) is 6.42. The van der Waals surface area contributed by atoms with Gasteiger partial charge in [-0.15, -0.1) is 0 Å². The Kier molecular flexibility index (Phi) is 5.17. The van der Waals surface area contributed by atoms with Crippen LogP contribution in [0.3, 0.4) is 0 Å². The van der Waals surface area contributed by atoms with Gasteiger partial charge in [0, 0.05) is 6.04 Å². The van der Waals surface area contributed by atoms with E-state index in [1.54, 1.807) is 0 Å². The van der Waals surface area contributed by atoms with Gasteiger partial charge in [-0.05, 0) is 51.8 Å². The Hall–Kier alpha value is -1.06. The monoisotopic (exact) mass is 251 g/mol. The molecule has 2 N–H and O–H groups in total. The minimum atomic E-state index is -0.114. The van der Waals surface area contributed by atoms with Gasteiger partial charge in [0.1, 0.15) is 12.4 Å². The van der Waals surface area contributed by atoms with Gasteiger partial charge >= 0.3 is 0 Å². The van der Waals surface area contributed by atoms with Gasteiger partial charge in [0.2, 0.25) is 0 Å². The minimum Gasteiger partial charge on any atom is -0.491 e. The third-order valence-corrected chi connectivity index (χ3v) is 2.60. The summed E-state index contributed by atoms with van der Waals surface area (Å²) in [6.45, 7) is 11.3. The van der Waals surface area contributed by atoms with E-state index in [9.17, 15) is 0 Å². The van der Waals surface area contributed by atoms with Crippen molar-refractivity contribution in [2.75, 3.05) is 13.2 Å². The number of hydrogen-bond donors (Lipinski definition) is 1. The lowest BCUT2D eigenvalue weighted by molar-refractivity contribution is -0.0163. The molecule has 18 heavy (non-hydrogen) atoms. The van der Waals surface area contributed by atoms with E-state index in [-0.39, 0.29) is 11.6 Å². The van der Waals surface area contributed by atoms with Gasteiger partial charge in [0.25, 0.3) is 0 Å². The summed E-state index contributed by atoms with van der Waals surface area (Å²) >= 11 is 0. The first-order chi connectivity index (χ1) is 8.29. The van der Waals surface area contributed by atoms with E-state index in [2.05, 4.69) is 6.07 Å². The van der Waals surface area contributed by atoms with Gasteiger partial charge in [-0.1, -0.05) is 12.1 Å². The number of hydrogen-bond acceptors (Lipinski definition) is 3. The van der Waals surface area contributed by atoms with E-state index in [0.717, 1.165) is 16.9 Å². The number of ether oxygens (including phenoxy) is 2. The van der Waals surface area contributed by atoms with Crippen molar-refractivity contribution in [1.29, 1.82) is 0 Å². The van der Waals surface area contributed by atoms with Crippen LogP contribution in [0.15, 0.2) is 18.2 Å². The van der Waals surface area contributed by atoms with E-state index in [4.69, 9.17) is 15.2 Å². The molecule has 0 aliphatic rings. The molecule has 102 valence electrons. The second-order valence-corrected chi connectivity index (χ2v) is 5.62. The molecule has 0 spiro atoms. The maximum Gasteiger partial charge on any atom is 0.122 e. The normalized spacial score (nSPS) is 13.4. The molecular formula is C15H25NO2. The highest BCUT2D eigenvalue weighted by atomic mass is 16.5. The molecule has 0 saturated carbocycles. The topological polar surface area (TPSA) is 44.5 Å². The highest BCUT2D eigenvalue weighted by molar-refractivity contribution is 5.37. The molecule has 0 aromatic heterocycles. The van der Waals surface area contributed by atoms with Crippen LogP contribution in [0, 0.1) is 6.92 Å². The summed E-state index contributed by atoms with van der Waals surface area (Å²) in [7, 11) is 0. The van der Waals surface area contributed by atoms with Crippen molar-refractivity contribution in [3.05, 3.63) is 29.3 Å². The summed E-state index contributed by atoms with van der Waals surface area (Å²) in [5.41, 5.74) is 7.97. The maximum atomic E-state index is 5.84. The van der Waals surface area contributed by atoms with Crippen LogP contribution >= 0.6 is 0 Å². The van der Waals surface area contributed by atoms with Crippen LogP contribution in [0.25, 0.3) is 0 Å². The highest BCUT2D eigenvalue weighted by Crippen LogP contribution is 2.21. The van der Waals surface area contributed by atoms with E-state index >= 15 is 0 Å². The van der Waals surface area contributed by atoms with Crippen molar-refractivity contribution in [1.82, 2.24) is 0 Å². The molecule has 1 aromatic carbocycles. The fourth-order valence-corrected chi connectivity index (χ4v) is 1.62. The average molecular weight is 251 g/mol. The standard InChI is InChI=1S/C15H25NO2/c1-11-10-13(12(2)16)6-7-14(11)17-8-9-18-15(3,4)5/h6-7,10,12H,8-9,16H2,1-5H3/t12-/m0/s1. The molecule has 1 rings (SSSR count). The second kappa shape index (κ2) is 6.21. The van der Waals surface area contributed by atoms with Crippen molar-refractivity contribution in [3.8, 4) is 5.75 Å². The third kappa shape index (κ3) is 5.07. The first kappa shape index (κ1) is 15.0. The number of nitrogens with two attached hydrogens (primary N) is 1. The third-order valence-electron chi connectivity index (χ3n) is 2.60. The largest absolute Gasteiger partial charge is 0.491 e. The molecule has 0 radical (unpaired) electrons.